The molecular weight excluding hydrogens is 404 g/mol. The first-order valence-electron chi connectivity index (χ1n) is 9.95. The molecular formula is C22H26N2O5S. The highest BCUT2D eigenvalue weighted by Gasteiger charge is 2.50. The van der Waals surface area contributed by atoms with Crippen molar-refractivity contribution in [2.75, 3.05) is 13.2 Å². The van der Waals surface area contributed by atoms with Gasteiger partial charge in [-0.15, -0.1) is 0 Å². The summed E-state index contributed by atoms with van der Waals surface area (Å²) in [5, 5.41) is 0. The number of benzene rings is 2. The SMILES string of the molecule is CCCCOc1ccc(S(=O)(=O)NC(=O)C2(C)CCN2C(=O)c2ccccc2)cc1. The fourth-order valence-corrected chi connectivity index (χ4v) is 4.27. The molecule has 1 fully saturated rings. The summed E-state index contributed by atoms with van der Waals surface area (Å²) < 4.78 is 33.0. The standard InChI is InChI=1S/C22H26N2O5S/c1-3-4-16-29-18-10-12-19(13-11-18)30(27,28)23-21(26)22(2)14-15-24(22)20(25)17-8-6-5-7-9-17/h5-13H,3-4,14-16H2,1-2H3,(H,23,26). The molecule has 2 amide bonds. The molecule has 0 aromatic heterocycles. The minimum atomic E-state index is -4.07. The molecule has 3 rings (SSSR count). The number of hydrogen-bond donors (Lipinski definition) is 1. The number of sulfonamides is 1. The van der Waals surface area contributed by atoms with E-state index in [0.717, 1.165) is 12.8 Å². The maximum absolute atomic E-state index is 12.8. The second-order valence-corrected chi connectivity index (χ2v) is 9.14. The zero-order chi connectivity index (χ0) is 21.8. The van der Waals surface area contributed by atoms with Crippen molar-refractivity contribution in [3.8, 4) is 5.75 Å². The van der Waals surface area contributed by atoms with Crippen LogP contribution in [0.25, 0.3) is 0 Å². The maximum Gasteiger partial charge on any atom is 0.264 e. The molecule has 7 nitrogen and oxygen atoms in total. The number of ether oxygens (including phenoxy) is 1. The smallest absolute Gasteiger partial charge is 0.264 e. The molecule has 1 N–H and O–H groups in total. The van der Waals surface area contributed by atoms with Crippen LogP contribution < -0.4 is 9.46 Å². The highest BCUT2D eigenvalue weighted by Crippen LogP contribution is 2.32. The van der Waals surface area contributed by atoms with Gasteiger partial charge in [-0.2, -0.15) is 0 Å². The van der Waals surface area contributed by atoms with E-state index in [9.17, 15) is 18.0 Å². The van der Waals surface area contributed by atoms with Crippen molar-refractivity contribution in [2.24, 2.45) is 0 Å². The van der Waals surface area contributed by atoms with E-state index in [4.69, 9.17) is 4.74 Å². The predicted molar refractivity (Wildman–Crippen MR) is 113 cm³/mol. The number of unbranched alkanes of at least 4 members (excludes halogenated alkanes) is 1. The monoisotopic (exact) mass is 430 g/mol. The Morgan fingerprint density at radius 1 is 1.10 bits per heavy atom. The van der Waals surface area contributed by atoms with Crippen LogP contribution >= 0.6 is 0 Å². The second-order valence-electron chi connectivity index (χ2n) is 7.45. The van der Waals surface area contributed by atoms with Gasteiger partial charge in [0.05, 0.1) is 11.5 Å². The molecule has 2 aromatic carbocycles. The number of nitrogens with one attached hydrogen (secondary N) is 1. The number of hydrogen-bond acceptors (Lipinski definition) is 5. The highest BCUT2D eigenvalue weighted by molar-refractivity contribution is 7.90. The van der Waals surface area contributed by atoms with Gasteiger partial charge in [-0.25, -0.2) is 13.1 Å². The third-order valence-electron chi connectivity index (χ3n) is 5.30. The lowest BCUT2D eigenvalue weighted by molar-refractivity contribution is -0.135. The number of nitrogens with zero attached hydrogens (tertiary/aromatic N) is 1. The number of likely N-dealkylation sites (tertiary alicyclic amines) is 1. The Morgan fingerprint density at radius 2 is 1.77 bits per heavy atom. The van der Waals surface area contributed by atoms with Crippen LogP contribution in [-0.2, 0) is 14.8 Å². The lowest BCUT2D eigenvalue weighted by Gasteiger charge is -2.48. The van der Waals surface area contributed by atoms with E-state index in [1.807, 2.05) is 0 Å². The van der Waals surface area contributed by atoms with E-state index in [2.05, 4.69) is 11.6 Å². The van der Waals surface area contributed by atoms with Gasteiger partial charge in [0, 0.05) is 12.1 Å². The average molecular weight is 431 g/mol. The Labute approximate surface area is 177 Å². The van der Waals surface area contributed by atoms with E-state index in [0.29, 0.717) is 30.9 Å². The first-order chi connectivity index (χ1) is 14.3. The van der Waals surface area contributed by atoms with E-state index >= 15 is 0 Å². The molecule has 8 heteroatoms. The van der Waals surface area contributed by atoms with E-state index in [1.54, 1.807) is 49.4 Å². The molecule has 30 heavy (non-hydrogen) atoms. The first-order valence-corrected chi connectivity index (χ1v) is 11.4. The van der Waals surface area contributed by atoms with Gasteiger partial charge in [0.15, 0.2) is 0 Å². The van der Waals surface area contributed by atoms with Gasteiger partial charge in [0.2, 0.25) is 0 Å². The molecule has 1 unspecified atom stereocenters. The minimum absolute atomic E-state index is 0.0393. The fraction of sp³-hybridized carbons (Fsp3) is 0.364. The Morgan fingerprint density at radius 3 is 2.33 bits per heavy atom. The summed E-state index contributed by atoms with van der Waals surface area (Å²) >= 11 is 0. The van der Waals surface area contributed by atoms with Gasteiger partial charge < -0.3 is 9.64 Å². The van der Waals surface area contributed by atoms with Crippen LogP contribution in [0.5, 0.6) is 5.75 Å². The largest absolute Gasteiger partial charge is 0.494 e. The topological polar surface area (TPSA) is 92.8 Å². The zero-order valence-electron chi connectivity index (χ0n) is 17.1. The Hall–Kier alpha value is -2.87. The normalized spacial score (nSPS) is 18.4. The van der Waals surface area contributed by atoms with Gasteiger partial charge in [0.25, 0.3) is 21.8 Å². The number of rotatable bonds is 8. The lowest BCUT2D eigenvalue weighted by atomic mass is 9.85. The van der Waals surface area contributed by atoms with Crippen LogP contribution in [0.1, 0.15) is 43.5 Å². The van der Waals surface area contributed by atoms with Crippen molar-refractivity contribution in [3.05, 3.63) is 60.2 Å². The Balaban J connectivity index is 1.69. The molecule has 160 valence electrons. The molecule has 0 aliphatic carbocycles. The van der Waals surface area contributed by atoms with Gasteiger partial charge in [0.1, 0.15) is 11.3 Å². The number of amides is 2. The van der Waals surface area contributed by atoms with Crippen LogP contribution in [0.15, 0.2) is 59.5 Å². The molecule has 1 aliphatic heterocycles. The van der Waals surface area contributed by atoms with Crippen LogP contribution in [0.3, 0.4) is 0 Å². The minimum Gasteiger partial charge on any atom is -0.494 e. The molecule has 1 atom stereocenters. The predicted octanol–water partition coefficient (Wildman–Crippen LogP) is 2.98. The molecule has 0 radical (unpaired) electrons. The van der Waals surface area contributed by atoms with Gasteiger partial charge in [-0.3, -0.25) is 9.59 Å². The summed E-state index contributed by atoms with van der Waals surface area (Å²) in [7, 11) is -4.07. The molecule has 1 saturated heterocycles. The third-order valence-corrected chi connectivity index (χ3v) is 6.65. The molecule has 2 aromatic rings. The summed E-state index contributed by atoms with van der Waals surface area (Å²) in [6.45, 7) is 4.58. The van der Waals surface area contributed by atoms with Crippen molar-refractivity contribution in [1.29, 1.82) is 0 Å². The third kappa shape index (κ3) is 4.48. The lowest BCUT2D eigenvalue weighted by Crippen LogP contribution is -2.67. The van der Waals surface area contributed by atoms with Gasteiger partial charge >= 0.3 is 0 Å². The molecule has 0 spiro atoms. The first kappa shape index (κ1) is 21.8. The average Bonchev–Trinajstić information content (AvgIpc) is 2.73. The van der Waals surface area contributed by atoms with Gasteiger partial charge in [-0.05, 0) is 56.2 Å². The van der Waals surface area contributed by atoms with Crippen LogP contribution in [0.2, 0.25) is 0 Å². The number of carbonyl (C=O) groups excluding carboxylic acids is 2. The van der Waals surface area contributed by atoms with E-state index in [-0.39, 0.29) is 10.8 Å². The summed E-state index contributed by atoms with van der Waals surface area (Å²) in [6.07, 6.45) is 2.30. The summed E-state index contributed by atoms with van der Waals surface area (Å²) in [6, 6.07) is 14.5. The van der Waals surface area contributed by atoms with Crippen LogP contribution in [-0.4, -0.2) is 43.8 Å². The summed E-state index contributed by atoms with van der Waals surface area (Å²) in [5.41, 5.74) is -0.763. The quantitative estimate of drug-likeness (QED) is 0.650. The van der Waals surface area contributed by atoms with Crippen molar-refractivity contribution in [3.63, 3.8) is 0 Å². The van der Waals surface area contributed by atoms with Crippen molar-refractivity contribution in [2.45, 2.75) is 43.5 Å². The molecule has 0 bridgehead atoms. The van der Waals surface area contributed by atoms with Gasteiger partial charge in [-0.1, -0.05) is 31.5 Å². The summed E-state index contributed by atoms with van der Waals surface area (Å²) in [5.74, 6) is -0.453. The second kappa shape index (κ2) is 8.87. The van der Waals surface area contributed by atoms with Crippen molar-refractivity contribution < 1.29 is 22.7 Å². The molecule has 0 saturated carbocycles. The highest BCUT2D eigenvalue weighted by atomic mass is 32.2. The Bertz CT molecular complexity index is 1010. The summed E-state index contributed by atoms with van der Waals surface area (Å²) in [4.78, 5) is 26.9. The van der Waals surface area contributed by atoms with Crippen molar-refractivity contribution in [1.82, 2.24) is 9.62 Å². The van der Waals surface area contributed by atoms with Crippen LogP contribution in [0.4, 0.5) is 0 Å². The fourth-order valence-electron chi connectivity index (χ4n) is 3.20. The Kier molecular flexibility index (Phi) is 6.45. The van der Waals surface area contributed by atoms with E-state index < -0.39 is 21.5 Å². The van der Waals surface area contributed by atoms with Crippen LogP contribution in [0, 0.1) is 0 Å². The molecule has 1 heterocycles. The van der Waals surface area contributed by atoms with E-state index in [1.165, 1.54) is 17.0 Å². The maximum atomic E-state index is 12.8. The zero-order valence-corrected chi connectivity index (χ0v) is 17.9. The van der Waals surface area contributed by atoms with Crippen molar-refractivity contribution >= 4 is 21.8 Å². The molecule has 1 aliphatic rings. The number of carbonyl (C=O) groups is 2.